The highest BCUT2D eigenvalue weighted by atomic mass is 16.6. The van der Waals surface area contributed by atoms with Crippen molar-refractivity contribution in [3.8, 4) is 5.75 Å². The lowest BCUT2D eigenvalue weighted by Gasteiger charge is -2.46. The Morgan fingerprint density at radius 1 is 1.09 bits per heavy atom. The Morgan fingerprint density at radius 3 is 2.69 bits per heavy atom. The van der Waals surface area contributed by atoms with Crippen molar-refractivity contribution in [3.63, 3.8) is 0 Å². The number of benzene rings is 1. The third kappa shape index (κ3) is 6.59. The summed E-state index contributed by atoms with van der Waals surface area (Å²) in [5.41, 5.74) is 0.856. The average Bonchev–Trinajstić information content (AvgIpc) is 2.77. The fraction of sp³-hybridized carbons (Fsp3) is 0.720. The van der Waals surface area contributed by atoms with Crippen molar-refractivity contribution in [2.45, 2.75) is 51.8 Å². The van der Waals surface area contributed by atoms with Gasteiger partial charge >= 0.3 is 6.09 Å². The molecule has 0 unspecified atom stereocenters. The van der Waals surface area contributed by atoms with E-state index in [0.29, 0.717) is 12.0 Å². The minimum atomic E-state index is -0.442. The maximum absolute atomic E-state index is 12.4. The molecule has 7 heteroatoms. The van der Waals surface area contributed by atoms with Gasteiger partial charge in [-0.25, -0.2) is 4.79 Å². The van der Waals surface area contributed by atoms with Gasteiger partial charge in [0.05, 0.1) is 19.8 Å². The second-order valence-corrected chi connectivity index (χ2v) is 10.4. The molecule has 0 N–H and O–H groups in total. The molecular formula is C25H39N3O4. The molecule has 3 saturated heterocycles. The van der Waals surface area contributed by atoms with Crippen LogP contribution in [0.4, 0.5) is 4.79 Å². The second-order valence-electron chi connectivity index (χ2n) is 10.4. The van der Waals surface area contributed by atoms with Crippen molar-refractivity contribution >= 4 is 6.09 Å². The third-order valence-electron chi connectivity index (χ3n) is 6.55. The van der Waals surface area contributed by atoms with Gasteiger partial charge in [0.15, 0.2) is 0 Å². The summed E-state index contributed by atoms with van der Waals surface area (Å²) in [6, 6.07) is 8.95. The first kappa shape index (κ1) is 23.3. The fourth-order valence-electron chi connectivity index (χ4n) is 4.85. The zero-order valence-electron chi connectivity index (χ0n) is 19.9. The molecule has 0 aliphatic carbocycles. The molecule has 7 nitrogen and oxygen atoms in total. The molecular weight excluding hydrogens is 406 g/mol. The van der Waals surface area contributed by atoms with E-state index in [1.165, 1.54) is 5.56 Å². The molecule has 0 saturated carbocycles. The van der Waals surface area contributed by atoms with Gasteiger partial charge in [0.2, 0.25) is 0 Å². The van der Waals surface area contributed by atoms with Crippen LogP contribution >= 0.6 is 0 Å². The zero-order valence-corrected chi connectivity index (χ0v) is 19.9. The van der Waals surface area contributed by atoms with E-state index in [2.05, 4.69) is 34.1 Å². The number of piperazine rings is 1. The first-order valence-electron chi connectivity index (χ1n) is 12.1. The normalized spacial score (nSPS) is 25.3. The van der Waals surface area contributed by atoms with Crippen LogP contribution in [0.3, 0.4) is 0 Å². The van der Waals surface area contributed by atoms with E-state index in [0.717, 1.165) is 84.2 Å². The maximum Gasteiger partial charge on any atom is 0.410 e. The highest BCUT2D eigenvalue weighted by Crippen LogP contribution is 2.27. The summed E-state index contributed by atoms with van der Waals surface area (Å²) in [6.07, 6.45) is 2.06. The van der Waals surface area contributed by atoms with E-state index < -0.39 is 5.60 Å². The maximum atomic E-state index is 12.4. The summed E-state index contributed by atoms with van der Waals surface area (Å²) in [6.45, 7) is 14.6. The molecule has 1 aromatic rings. The van der Waals surface area contributed by atoms with Crippen LogP contribution < -0.4 is 4.74 Å². The molecule has 3 aliphatic heterocycles. The molecule has 32 heavy (non-hydrogen) atoms. The van der Waals surface area contributed by atoms with E-state index >= 15 is 0 Å². The lowest BCUT2D eigenvalue weighted by atomic mass is 9.91. The average molecular weight is 446 g/mol. The molecule has 178 valence electrons. The van der Waals surface area contributed by atoms with Crippen LogP contribution in [0.1, 0.15) is 39.2 Å². The number of carbonyl (C=O) groups excluding carboxylic acids is 1. The number of nitrogens with zero attached hydrogens (tertiary/aromatic N) is 3. The van der Waals surface area contributed by atoms with Crippen molar-refractivity contribution in [1.29, 1.82) is 0 Å². The topological polar surface area (TPSA) is 54.5 Å². The van der Waals surface area contributed by atoms with E-state index in [9.17, 15) is 4.79 Å². The van der Waals surface area contributed by atoms with Gasteiger partial charge < -0.3 is 19.1 Å². The van der Waals surface area contributed by atoms with Crippen LogP contribution in [-0.2, 0) is 16.0 Å². The van der Waals surface area contributed by atoms with E-state index in [1.807, 2.05) is 25.7 Å². The van der Waals surface area contributed by atoms with Crippen LogP contribution in [0.15, 0.2) is 24.3 Å². The standard InChI is InChI=1S/C25H39N3O4/c1-25(2,3)32-24(29)28-10-9-27-17-21(7-8-22(27)18-28)19-31-23-6-4-5-20(15-23)16-26-11-13-30-14-12-26/h4-6,15,21-22H,7-14,16-19H2,1-3H3/t21-,22+/m1/s1. The summed E-state index contributed by atoms with van der Waals surface area (Å²) in [4.78, 5) is 19.3. The molecule has 3 heterocycles. The van der Waals surface area contributed by atoms with Crippen LogP contribution in [0, 0.1) is 5.92 Å². The van der Waals surface area contributed by atoms with Gasteiger partial charge in [-0.15, -0.1) is 0 Å². The number of hydrogen-bond acceptors (Lipinski definition) is 6. The molecule has 0 radical (unpaired) electrons. The second kappa shape index (κ2) is 10.4. The smallest absolute Gasteiger partial charge is 0.410 e. The number of rotatable bonds is 5. The number of carbonyl (C=O) groups is 1. The van der Waals surface area contributed by atoms with E-state index in [4.69, 9.17) is 14.2 Å². The first-order valence-corrected chi connectivity index (χ1v) is 12.1. The van der Waals surface area contributed by atoms with Crippen molar-refractivity contribution < 1.29 is 19.0 Å². The number of amides is 1. The zero-order chi connectivity index (χ0) is 22.6. The molecule has 1 amide bonds. The Labute approximate surface area is 192 Å². The van der Waals surface area contributed by atoms with Gasteiger partial charge in [-0.1, -0.05) is 12.1 Å². The molecule has 0 bridgehead atoms. The lowest BCUT2D eigenvalue weighted by Crippen LogP contribution is -2.58. The van der Waals surface area contributed by atoms with Gasteiger partial charge in [-0.05, 0) is 51.3 Å². The van der Waals surface area contributed by atoms with Crippen LogP contribution in [-0.4, -0.2) is 91.5 Å². The highest BCUT2D eigenvalue weighted by Gasteiger charge is 2.35. The SMILES string of the molecule is CC(C)(C)OC(=O)N1CCN2C[C@H](COc3cccc(CN4CCOCC4)c3)CC[C@H]2C1. The summed E-state index contributed by atoms with van der Waals surface area (Å²) >= 11 is 0. The van der Waals surface area contributed by atoms with Crippen molar-refractivity contribution in [2.24, 2.45) is 5.92 Å². The molecule has 1 aromatic carbocycles. The van der Waals surface area contributed by atoms with Gasteiger partial charge in [0.25, 0.3) is 0 Å². The monoisotopic (exact) mass is 445 g/mol. The lowest BCUT2D eigenvalue weighted by molar-refractivity contribution is -0.0122. The van der Waals surface area contributed by atoms with Gasteiger partial charge in [0.1, 0.15) is 11.4 Å². The van der Waals surface area contributed by atoms with Crippen LogP contribution in [0.2, 0.25) is 0 Å². The Kier molecular flexibility index (Phi) is 7.59. The number of fused-ring (bicyclic) bond motifs is 1. The Balaban J connectivity index is 1.22. The first-order chi connectivity index (χ1) is 15.4. The van der Waals surface area contributed by atoms with Gasteiger partial charge in [-0.3, -0.25) is 9.80 Å². The van der Waals surface area contributed by atoms with E-state index in [1.54, 1.807) is 0 Å². The Hall–Kier alpha value is -1.83. The number of ether oxygens (including phenoxy) is 3. The number of hydrogen-bond donors (Lipinski definition) is 0. The van der Waals surface area contributed by atoms with Crippen molar-refractivity contribution in [1.82, 2.24) is 14.7 Å². The Bertz CT molecular complexity index is 760. The minimum absolute atomic E-state index is 0.181. The van der Waals surface area contributed by atoms with Crippen LogP contribution in [0.25, 0.3) is 0 Å². The predicted octanol–water partition coefficient (Wildman–Crippen LogP) is 3.23. The molecule has 4 rings (SSSR count). The Morgan fingerprint density at radius 2 is 1.91 bits per heavy atom. The minimum Gasteiger partial charge on any atom is -0.493 e. The van der Waals surface area contributed by atoms with Gasteiger partial charge in [-0.2, -0.15) is 0 Å². The third-order valence-corrected chi connectivity index (χ3v) is 6.55. The quantitative estimate of drug-likeness (QED) is 0.694. The summed E-state index contributed by atoms with van der Waals surface area (Å²) in [5.74, 6) is 1.50. The highest BCUT2D eigenvalue weighted by molar-refractivity contribution is 5.68. The number of morpholine rings is 1. The number of piperidine rings is 1. The fourth-order valence-corrected chi connectivity index (χ4v) is 4.85. The summed E-state index contributed by atoms with van der Waals surface area (Å²) in [5, 5.41) is 0. The summed E-state index contributed by atoms with van der Waals surface area (Å²) in [7, 11) is 0. The predicted molar refractivity (Wildman–Crippen MR) is 124 cm³/mol. The molecule has 2 atom stereocenters. The molecule has 0 spiro atoms. The van der Waals surface area contributed by atoms with E-state index in [-0.39, 0.29) is 6.09 Å². The molecule has 0 aromatic heterocycles. The van der Waals surface area contributed by atoms with Gasteiger partial charge in [0, 0.05) is 57.8 Å². The molecule has 3 fully saturated rings. The largest absolute Gasteiger partial charge is 0.493 e. The summed E-state index contributed by atoms with van der Waals surface area (Å²) < 4.78 is 17.2. The molecule has 3 aliphatic rings. The van der Waals surface area contributed by atoms with Crippen LogP contribution in [0.5, 0.6) is 5.75 Å². The van der Waals surface area contributed by atoms with Crippen molar-refractivity contribution in [3.05, 3.63) is 29.8 Å². The van der Waals surface area contributed by atoms with Crippen molar-refractivity contribution in [2.75, 3.05) is 59.1 Å².